The van der Waals surface area contributed by atoms with E-state index in [4.69, 9.17) is 14.9 Å². The molecule has 0 bridgehead atoms. The zero-order valence-electron chi connectivity index (χ0n) is 19.6. The van der Waals surface area contributed by atoms with E-state index in [1.807, 2.05) is 24.3 Å². The molecule has 186 valence electrons. The molecule has 8 nitrogen and oxygen atoms in total. The Morgan fingerprint density at radius 2 is 1.60 bits per heavy atom. The normalized spacial score (nSPS) is 19.8. The highest BCUT2D eigenvalue weighted by molar-refractivity contribution is 5.83. The SMILES string of the molecule is O=C(CCC1CCCCC1NC(=O)OCC1c2ccccc2-c2ccccc21)NC(CO)C(=O)O. The quantitative estimate of drug-likeness (QED) is 0.436. The van der Waals surface area contributed by atoms with Crippen molar-refractivity contribution in [1.82, 2.24) is 10.6 Å². The van der Waals surface area contributed by atoms with Crippen LogP contribution in [0.4, 0.5) is 4.79 Å². The number of carbonyl (C=O) groups excluding carboxylic acids is 2. The molecule has 0 aromatic heterocycles. The van der Waals surface area contributed by atoms with Gasteiger partial charge in [0.05, 0.1) is 6.61 Å². The highest BCUT2D eigenvalue weighted by Crippen LogP contribution is 2.44. The minimum absolute atomic E-state index is 0.00676. The van der Waals surface area contributed by atoms with Crippen LogP contribution >= 0.6 is 0 Å². The van der Waals surface area contributed by atoms with Crippen molar-refractivity contribution >= 4 is 18.0 Å². The largest absolute Gasteiger partial charge is 0.480 e. The molecule has 0 aliphatic heterocycles. The summed E-state index contributed by atoms with van der Waals surface area (Å²) < 4.78 is 5.69. The Balaban J connectivity index is 1.31. The average molecular weight is 481 g/mol. The summed E-state index contributed by atoms with van der Waals surface area (Å²) in [6.45, 7) is -0.409. The van der Waals surface area contributed by atoms with Crippen molar-refractivity contribution < 1.29 is 29.3 Å². The maximum Gasteiger partial charge on any atom is 0.407 e. The summed E-state index contributed by atoms with van der Waals surface area (Å²) in [7, 11) is 0. The summed E-state index contributed by atoms with van der Waals surface area (Å²) in [5.41, 5.74) is 4.67. The molecule has 1 saturated carbocycles. The molecule has 0 spiro atoms. The van der Waals surface area contributed by atoms with Gasteiger partial charge in [-0.3, -0.25) is 4.79 Å². The molecule has 4 N–H and O–H groups in total. The molecule has 4 rings (SSSR count). The van der Waals surface area contributed by atoms with Crippen molar-refractivity contribution in [3.8, 4) is 11.1 Å². The van der Waals surface area contributed by atoms with Gasteiger partial charge in [0.1, 0.15) is 12.6 Å². The Hall–Kier alpha value is -3.39. The van der Waals surface area contributed by atoms with Crippen LogP contribution in [0.25, 0.3) is 11.1 Å². The highest BCUT2D eigenvalue weighted by Gasteiger charge is 2.31. The summed E-state index contributed by atoms with van der Waals surface area (Å²) in [6.07, 6.45) is 3.90. The monoisotopic (exact) mass is 480 g/mol. The fourth-order valence-corrected chi connectivity index (χ4v) is 5.30. The molecule has 0 saturated heterocycles. The maximum atomic E-state index is 12.7. The first kappa shape index (κ1) is 24.7. The summed E-state index contributed by atoms with van der Waals surface area (Å²) in [5, 5.41) is 23.4. The van der Waals surface area contributed by atoms with Gasteiger partial charge >= 0.3 is 12.1 Å². The number of benzene rings is 2. The Morgan fingerprint density at radius 3 is 2.23 bits per heavy atom. The molecule has 35 heavy (non-hydrogen) atoms. The van der Waals surface area contributed by atoms with Crippen molar-refractivity contribution in [2.45, 2.75) is 56.5 Å². The minimum Gasteiger partial charge on any atom is -0.480 e. The van der Waals surface area contributed by atoms with Gasteiger partial charge in [-0.1, -0.05) is 61.4 Å². The van der Waals surface area contributed by atoms with Crippen molar-refractivity contribution in [1.29, 1.82) is 0 Å². The molecular weight excluding hydrogens is 448 g/mol. The first-order chi connectivity index (χ1) is 17.0. The summed E-state index contributed by atoms with van der Waals surface area (Å²) in [5.74, 6) is -1.59. The lowest BCUT2D eigenvalue weighted by atomic mass is 9.81. The van der Waals surface area contributed by atoms with Gasteiger partial charge in [0.25, 0.3) is 0 Å². The lowest BCUT2D eigenvalue weighted by Gasteiger charge is -2.32. The lowest BCUT2D eigenvalue weighted by Crippen LogP contribution is -2.45. The lowest BCUT2D eigenvalue weighted by molar-refractivity contribution is -0.143. The van der Waals surface area contributed by atoms with Crippen molar-refractivity contribution in [2.24, 2.45) is 5.92 Å². The molecule has 1 fully saturated rings. The van der Waals surface area contributed by atoms with Gasteiger partial charge in [-0.15, -0.1) is 0 Å². The third kappa shape index (κ3) is 5.82. The van der Waals surface area contributed by atoms with E-state index in [1.54, 1.807) is 0 Å². The van der Waals surface area contributed by atoms with Crippen molar-refractivity contribution in [3.05, 3.63) is 59.7 Å². The molecule has 0 heterocycles. The number of ether oxygens (including phenoxy) is 1. The van der Waals surface area contributed by atoms with E-state index < -0.39 is 30.6 Å². The second-order valence-corrected chi connectivity index (χ2v) is 9.30. The zero-order valence-corrected chi connectivity index (χ0v) is 19.6. The highest BCUT2D eigenvalue weighted by atomic mass is 16.5. The van der Waals surface area contributed by atoms with E-state index in [0.717, 1.165) is 36.8 Å². The van der Waals surface area contributed by atoms with Gasteiger partial charge in [0, 0.05) is 18.4 Å². The number of amides is 2. The molecule has 2 amide bonds. The molecule has 3 atom stereocenters. The topological polar surface area (TPSA) is 125 Å². The minimum atomic E-state index is -1.30. The third-order valence-electron chi connectivity index (χ3n) is 7.11. The summed E-state index contributed by atoms with van der Waals surface area (Å²) in [4.78, 5) is 35.9. The molecule has 2 aliphatic carbocycles. The fraction of sp³-hybridized carbons (Fsp3) is 0.444. The van der Waals surface area contributed by atoms with Gasteiger partial charge < -0.3 is 25.6 Å². The van der Waals surface area contributed by atoms with Crippen LogP contribution in [0.15, 0.2) is 48.5 Å². The van der Waals surface area contributed by atoms with E-state index >= 15 is 0 Å². The van der Waals surface area contributed by atoms with Crippen LogP contribution in [0.5, 0.6) is 0 Å². The number of rotatable bonds is 9. The standard InChI is InChI=1S/C27H32N2O6/c30-15-24(26(32)33)28-25(31)14-13-17-7-1-6-12-23(17)29-27(34)35-16-22-20-10-4-2-8-18(20)19-9-3-5-11-21(19)22/h2-5,8-11,17,22-24,30H,1,6-7,12-16H2,(H,28,31)(H,29,34)(H,32,33). The maximum absolute atomic E-state index is 12.7. The Bertz CT molecular complexity index is 1030. The molecule has 2 aromatic carbocycles. The van der Waals surface area contributed by atoms with Gasteiger partial charge in [0.15, 0.2) is 0 Å². The predicted molar refractivity (Wildman–Crippen MR) is 130 cm³/mol. The van der Waals surface area contributed by atoms with Crippen LogP contribution < -0.4 is 10.6 Å². The Kier molecular flexibility index (Phi) is 8.02. The number of carbonyl (C=O) groups is 3. The average Bonchev–Trinajstić information content (AvgIpc) is 3.19. The van der Waals surface area contributed by atoms with Gasteiger partial charge in [-0.2, -0.15) is 0 Å². The van der Waals surface area contributed by atoms with Gasteiger partial charge in [0.2, 0.25) is 5.91 Å². The second kappa shape index (κ2) is 11.4. The van der Waals surface area contributed by atoms with E-state index in [2.05, 4.69) is 34.9 Å². The first-order valence-corrected chi connectivity index (χ1v) is 12.2. The second-order valence-electron chi connectivity index (χ2n) is 9.30. The third-order valence-corrected chi connectivity index (χ3v) is 7.11. The molecule has 2 aliphatic rings. The Morgan fingerprint density at radius 1 is 0.971 bits per heavy atom. The summed E-state index contributed by atoms with van der Waals surface area (Å²) in [6, 6.07) is 15.0. The smallest absolute Gasteiger partial charge is 0.407 e. The van der Waals surface area contributed by atoms with E-state index in [1.165, 1.54) is 11.1 Å². The van der Waals surface area contributed by atoms with Crippen LogP contribution in [0, 0.1) is 5.92 Å². The number of hydrogen-bond donors (Lipinski definition) is 4. The molecule has 0 radical (unpaired) electrons. The van der Waals surface area contributed by atoms with E-state index in [9.17, 15) is 14.4 Å². The number of aliphatic carboxylic acids is 1. The Labute approximate surface area is 204 Å². The number of hydrogen-bond acceptors (Lipinski definition) is 5. The number of carboxylic acids is 1. The van der Waals surface area contributed by atoms with Crippen LogP contribution in [0.1, 0.15) is 55.6 Å². The van der Waals surface area contributed by atoms with Crippen molar-refractivity contribution in [3.63, 3.8) is 0 Å². The van der Waals surface area contributed by atoms with Crippen LogP contribution in [-0.4, -0.2) is 53.5 Å². The van der Waals surface area contributed by atoms with E-state index in [0.29, 0.717) is 6.42 Å². The van der Waals surface area contributed by atoms with Crippen LogP contribution in [0.2, 0.25) is 0 Å². The number of aliphatic hydroxyl groups excluding tert-OH is 1. The molecule has 3 unspecified atom stereocenters. The first-order valence-electron chi connectivity index (χ1n) is 12.2. The number of nitrogens with one attached hydrogen (secondary N) is 2. The molecular formula is C27H32N2O6. The zero-order chi connectivity index (χ0) is 24.8. The number of alkyl carbamates (subject to hydrolysis) is 1. The predicted octanol–water partition coefficient (Wildman–Crippen LogP) is 3.43. The van der Waals surface area contributed by atoms with Gasteiger partial charge in [-0.05, 0) is 47.4 Å². The van der Waals surface area contributed by atoms with Crippen LogP contribution in [-0.2, 0) is 14.3 Å². The number of aliphatic hydroxyl groups is 1. The molecule has 2 aromatic rings. The van der Waals surface area contributed by atoms with Crippen LogP contribution in [0.3, 0.4) is 0 Å². The fourth-order valence-electron chi connectivity index (χ4n) is 5.30. The number of fused-ring (bicyclic) bond motifs is 3. The summed E-state index contributed by atoms with van der Waals surface area (Å²) >= 11 is 0. The number of carboxylic acid groups (broad SMARTS) is 1. The van der Waals surface area contributed by atoms with E-state index in [-0.39, 0.29) is 30.9 Å². The van der Waals surface area contributed by atoms with Gasteiger partial charge in [-0.25, -0.2) is 9.59 Å². The van der Waals surface area contributed by atoms with Crippen molar-refractivity contribution in [2.75, 3.05) is 13.2 Å². The molecule has 8 heteroatoms.